The highest BCUT2D eigenvalue weighted by molar-refractivity contribution is 5.96. The molecular formula is C15H16N4O. The molecule has 3 N–H and O–H groups in total. The first-order valence-electron chi connectivity index (χ1n) is 6.61. The third kappa shape index (κ3) is 2.49. The first-order valence-corrected chi connectivity index (χ1v) is 6.61. The molecule has 20 heavy (non-hydrogen) atoms. The summed E-state index contributed by atoms with van der Waals surface area (Å²) >= 11 is 0. The lowest BCUT2D eigenvalue weighted by molar-refractivity contribution is -0.124. The molecule has 5 nitrogen and oxygen atoms in total. The number of hydrogen-bond donors (Lipinski definition) is 2. The summed E-state index contributed by atoms with van der Waals surface area (Å²) in [5.74, 6) is -0.0916. The van der Waals surface area contributed by atoms with Gasteiger partial charge in [0, 0.05) is 12.2 Å². The molecule has 0 aliphatic heterocycles. The second kappa shape index (κ2) is 5.73. The van der Waals surface area contributed by atoms with Crippen LogP contribution < -0.4 is 11.1 Å². The summed E-state index contributed by atoms with van der Waals surface area (Å²) in [6.07, 6.45) is 3.64. The summed E-state index contributed by atoms with van der Waals surface area (Å²) in [7, 11) is 0. The molecule has 0 unspecified atom stereocenters. The van der Waals surface area contributed by atoms with Crippen LogP contribution in [0.5, 0.6) is 0 Å². The Hall–Kier alpha value is -2.37. The standard InChI is InChI=1S/C15H16N4O/c16-8-11-3-4-13(7-12(11)9-17)19-14(20)15(10-18)5-1-2-6-15/h3-4,7H,1-2,5-6,10,18H2,(H,19,20). The fourth-order valence-electron chi connectivity index (χ4n) is 2.65. The van der Waals surface area contributed by atoms with Gasteiger partial charge in [-0.15, -0.1) is 0 Å². The second-order valence-corrected chi connectivity index (χ2v) is 5.13. The van der Waals surface area contributed by atoms with E-state index in [0.717, 1.165) is 25.7 Å². The van der Waals surface area contributed by atoms with E-state index in [0.29, 0.717) is 17.8 Å². The van der Waals surface area contributed by atoms with Crippen LogP contribution in [0.15, 0.2) is 18.2 Å². The Morgan fingerprint density at radius 2 is 1.90 bits per heavy atom. The molecule has 5 heteroatoms. The summed E-state index contributed by atoms with van der Waals surface area (Å²) in [5.41, 5.74) is 6.38. The van der Waals surface area contributed by atoms with Crippen molar-refractivity contribution in [3.05, 3.63) is 29.3 Å². The summed E-state index contributed by atoms with van der Waals surface area (Å²) in [5, 5.41) is 20.7. The Balaban J connectivity index is 2.20. The number of nitrogens with zero attached hydrogens (tertiary/aromatic N) is 2. The molecule has 1 amide bonds. The topological polar surface area (TPSA) is 103 Å². The van der Waals surface area contributed by atoms with E-state index in [4.69, 9.17) is 16.3 Å². The first-order chi connectivity index (χ1) is 9.65. The van der Waals surface area contributed by atoms with Gasteiger partial charge in [0.2, 0.25) is 5.91 Å². The number of amides is 1. The third-order valence-corrected chi connectivity index (χ3v) is 3.95. The molecule has 0 spiro atoms. The van der Waals surface area contributed by atoms with E-state index in [9.17, 15) is 4.79 Å². The molecule has 102 valence electrons. The van der Waals surface area contributed by atoms with E-state index < -0.39 is 5.41 Å². The van der Waals surface area contributed by atoms with Crippen LogP contribution in [0, 0.1) is 28.1 Å². The molecule has 1 aliphatic carbocycles. The van der Waals surface area contributed by atoms with Crippen molar-refractivity contribution in [1.82, 2.24) is 0 Å². The van der Waals surface area contributed by atoms with Crippen LogP contribution in [0.1, 0.15) is 36.8 Å². The number of carbonyl (C=O) groups is 1. The Bertz CT molecular complexity index is 603. The van der Waals surface area contributed by atoms with E-state index in [2.05, 4.69) is 5.32 Å². The highest BCUT2D eigenvalue weighted by Gasteiger charge is 2.39. The summed E-state index contributed by atoms with van der Waals surface area (Å²) in [6.45, 7) is 0.334. The molecule has 0 saturated heterocycles. The lowest BCUT2D eigenvalue weighted by Crippen LogP contribution is -2.40. The SMILES string of the molecule is N#Cc1ccc(NC(=O)C2(CN)CCCC2)cc1C#N. The average Bonchev–Trinajstić information content (AvgIpc) is 2.97. The lowest BCUT2D eigenvalue weighted by atomic mass is 9.85. The van der Waals surface area contributed by atoms with Crippen molar-refractivity contribution in [1.29, 1.82) is 10.5 Å². The zero-order valence-corrected chi connectivity index (χ0v) is 11.1. The minimum absolute atomic E-state index is 0.0916. The Morgan fingerprint density at radius 1 is 1.25 bits per heavy atom. The fourth-order valence-corrected chi connectivity index (χ4v) is 2.65. The van der Waals surface area contributed by atoms with Gasteiger partial charge in [-0.25, -0.2) is 0 Å². The number of anilines is 1. The molecule has 0 radical (unpaired) electrons. The van der Waals surface area contributed by atoms with Crippen LogP contribution in [0.2, 0.25) is 0 Å². The van der Waals surface area contributed by atoms with Crippen LogP contribution in [0.25, 0.3) is 0 Å². The van der Waals surface area contributed by atoms with Crippen LogP contribution in [0.3, 0.4) is 0 Å². The van der Waals surface area contributed by atoms with Crippen molar-refractivity contribution in [3.63, 3.8) is 0 Å². The van der Waals surface area contributed by atoms with E-state index in [1.54, 1.807) is 6.07 Å². The fraction of sp³-hybridized carbons (Fsp3) is 0.400. The van der Waals surface area contributed by atoms with Gasteiger partial charge >= 0.3 is 0 Å². The first kappa shape index (κ1) is 14.0. The number of rotatable bonds is 3. The molecular weight excluding hydrogens is 252 g/mol. The van der Waals surface area contributed by atoms with Gasteiger partial charge < -0.3 is 11.1 Å². The Labute approximate surface area is 118 Å². The molecule has 2 rings (SSSR count). The van der Waals surface area contributed by atoms with Crippen molar-refractivity contribution in [2.75, 3.05) is 11.9 Å². The largest absolute Gasteiger partial charge is 0.329 e. The maximum Gasteiger partial charge on any atom is 0.231 e. The van der Waals surface area contributed by atoms with Gasteiger partial charge in [0.15, 0.2) is 0 Å². The van der Waals surface area contributed by atoms with E-state index in [1.807, 2.05) is 12.1 Å². The van der Waals surface area contributed by atoms with Crippen molar-refractivity contribution < 1.29 is 4.79 Å². The molecule has 0 atom stereocenters. The zero-order chi connectivity index (χ0) is 14.6. The zero-order valence-electron chi connectivity index (χ0n) is 11.1. The van der Waals surface area contributed by atoms with Crippen molar-refractivity contribution in [2.24, 2.45) is 11.1 Å². The predicted octanol–water partition coefficient (Wildman–Crippen LogP) is 1.89. The van der Waals surface area contributed by atoms with Crippen molar-refractivity contribution in [2.45, 2.75) is 25.7 Å². The minimum Gasteiger partial charge on any atom is -0.329 e. The van der Waals surface area contributed by atoms with Crippen molar-refractivity contribution in [3.8, 4) is 12.1 Å². The van der Waals surface area contributed by atoms with E-state index in [-0.39, 0.29) is 11.5 Å². The number of carbonyl (C=O) groups excluding carboxylic acids is 1. The van der Waals surface area contributed by atoms with Gasteiger partial charge in [0.25, 0.3) is 0 Å². The maximum absolute atomic E-state index is 12.4. The van der Waals surface area contributed by atoms with Gasteiger partial charge in [-0.1, -0.05) is 12.8 Å². The summed E-state index contributed by atoms with van der Waals surface area (Å²) in [4.78, 5) is 12.4. The molecule has 1 aromatic rings. The van der Waals surface area contributed by atoms with Crippen molar-refractivity contribution >= 4 is 11.6 Å². The number of nitrogens with one attached hydrogen (secondary N) is 1. The molecule has 1 aromatic carbocycles. The van der Waals surface area contributed by atoms with Gasteiger partial charge in [-0.3, -0.25) is 4.79 Å². The number of nitriles is 2. The normalized spacial score (nSPS) is 16.1. The number of benzene rings is 1. The van der Waals surface area contributed by atoms with Crippen LogP contribution in [-0.4, -0.2) is 12.5 Å². The molecule has 0 heterocycles. The molecule has 0 bridgehead atoms. The van der Waals surface area contributed by atoms with Gasteiger partial charge in [0.05, 0.1) is 16.5 Å². The van der Waals surface area contributed by atoms with E-state index in [1.165, 1.54) is 12.1 Å². The number of nitrogens with two attached hydrogens (primary N) is 1. The quantitative estimate of drug-likeness (QED) is 0.873. The lowest BCUT2D eigenvalue weighted by Gasteiger charge is -2.25. The summed E-state index contributed by atoms with van der Waals surface area (Å²) < 4.78 is 0. The van der Waals surface area contributed by atoms with Gasteiger partial charge in [-0.05, 0) is 31.0 Å². The Morgan fingerprint density at radius 3 is 2.45 bits per heavy atom. The van der Waals surface area contributed by atoms with Crippen LogP contribution in [-0.2, 0) is 4.79 Å². The molecule has 0 aromatic heterocycles. The smallest absolute Gasteiger partial charge is 0.231 e. The third-order valence-electron chi connectivity index (χ3n) is 3.95. The maximum atomic E-state index is 12.4. The Kier molecular flexibility index (Phi) is 4.02. The van der Waals surface area contributed by atoms with Gasteiger partial charge in [-0.2, -0.15) is 10.5 Å². The highest BCUT2D eigenvalue weighted by Crippen LogP contribution is 2.38. The van der Waals surface area contributed by atoms with Gasteiger partial charge in [0.1, 0.15) is 12.1 Å². The second-order valence-electron chi connectivity index (χ2n) is 5.13. The van der Waals surface area contributed by atoms with Crippen LogP contribution >= 0.6 is 0 Å². The molecule has 1 saturated carbocycles. The number of hydrogen-bond acceptors (Lipinski definition) is 4. The average molecular weight is 268 g/mol. The predicted molar refractivity (Wildman–Crippen MR) is 74.5 cm³/mol. The summed E-state index contributed by atoms with van der Waals surface area (Å²) in [6, 6.07) is 8.60. The molecule has 1 fully saturated rings. The minimum atomic E-state index is -0.485. The monoisotopic (exact) mass is 268 g/mol. The molecule has 1 aliphatic rings. The van der Waals surface area contributed by atoms with Crippen LogP contribution in [0.4, 0.5) is 5.69 Å². The van der Waals surface area contributed by atoms with E-state index >= 15 is 0 Å². The highest BCUT2D eigenvalue weighted by atomic mass is 16.2.